The van der Waals surface area contributed by atoms with Crippen LogP contribution < -0.4 is 5.19 Å². The van der Waals surface area contributed by atoms with Gasteiger partial charge < -0.3 is 4.74 Å². The number of ether oxygens (including phenoxy) is 1. The van der Waals surface area contributed by atoms with Crippen molar-refractivity contribution in [2.45, 2.75) is 25.8 Å². The highest BCUT2D eigenvalue weighted by molar-refractivity contribution is 9.10. The maximum Gasteiger partial charge on any atom is 0.458 e. The molecule has 0 aromatic heterocycles. The van der Waals surface area contributed by atoms with Gasteiger partial charge >= 0.3 is 14.7 Å². The molecule has 0 saturated heterocycles. The van der Waals surface area contributed by atoms with E-state index in [1.165, 1.54) is 25.3 Å². The largest absolute Gasteiger partial charge is 0.465 e. The van der Waals surface area contributed by atoms with E-state index in [1.807, 2.05) is 0 Å². The Morgan fingerprint density at radius 2 is 2.06 bits per heavy atom. The van der Waals surface area contributed by atoms with Crippen LogP contribution in [-0.2, 0) is 4.74 Å². The number of benzene rings is 1. The van der Waals surface area contributed by atoms with Crippen molar-refractivity contribution in [1.29, 1.82) is 0 Å². The standard InChI is InChI=1S/C12H15BrF2O2Si/c1-4-8(2)18(14,15)11-6-9(12(16)17-3)5-10(13)7-11/h5-8H,4H2,1-3H3. The van der Waals surface area contributed by atoms with Gasteiger partial charge in [0.05, 0.1) is 12.7 Å². The highest BCUT2D eigenvalue weighted by Gasteiger charge is 2.43. The summed E-state index contributed by atoms with van der Waals surface area (Å²) in [5.74, 6) is -0.605. The summed E-state index contributed by atoms with van der Waals surface area (Å²) in [6, 6.07) is 4.12. The first-order valence-electron chi connectivity index (χ1n) is 5.60. The van der Waals surface area contributed by atoms with Gasteiger partial charge in [-0.05, 0) is 18.2 Å². The van der Waals surface area contributed by atoms with Crippen LogP contribution in [0.2, 0.25) is 5.54 Å². The van der Waals surface area contributed by atoms with Gasteiger partial charge in [0.2, 0.25) is 0 Å². The molecule has 0 spiro atoms. The number of methoxy groups -OCH3 is 1. The molecule has 1 aromatic carbocycles. The van der Waals surface area contributed by atoms with Gasteiger partial charge in [0.25, 0.3) is 0 Å². The van der Waals surface area contributed by atoms with Crippen molar-refractivity contribution in [3.8, 4) is 0 Å². The smallest absolute Gasteiger partial charge is 0.458 e. The summed E-state index contributed by atoms with van der Waals surface area (Å²) in [5.41, 5.74) is -0.505. The van der Waals surface area contributed by atoms with Crippen LogP contribution in [0.4, 0.5) is 8.22 Å². The molecule has 100 valence electrons. The third-order valence-corrected chi connectivity index (χ3v) is 6.10. The number of rotatable bonds is 4. The molecule has 1 aromatic rings. The highest BCUT2D eigenvalue weighted by Crippen LogP contribution is 2.28. The molecule has 1 rings (SSSR count). The van der Waals surface area contributed by atoms with Crippen molar-refractivity contribution in [1.82, 2.24) is 0 Å². The Labute approximate surface area is 115 Å². The van der Waals surface area contributed by atoms with Crippen molar-refractivity contribution in [3.63, 3.8) is 0 Å². The Balaban J connectivity index is 3.25. The summed E-state index contributed by atoms with van der Waals surface area (Å²) in [5, 5.41) is -0.0355. The molecule has 18 heavy (non-hydrogen) atoms. The van der Waals surface area contributed by atoms with E-state index >= 15 is 0 Å². The van der Waals surface area contributed by atoms with E-state index in [4.69, 9.17) is 0 Å². The average Bonchev–Trinajstić information content (AvgIpc) is 2.35. The first-order chi connectivity index (χ1) is 8.32. The van der Waals surface area contributed by atoms with E-state index < -0.39 is 20.3 Å². The van der Waals surface area contributed by atoms with E-state index in [9.17, 15) is 13.0 Å². The summed E-state index contributed by atoms with van der Waals surface area (Å²) >= 11 is 3.16. The molecule has 0 aliphatic carbocycles. The molecule has 0 saturated carbocycles. The quantitative estimate of drug-likeness (QED) is 0.477. The minimum absolute atomic E-state index is 0.0355. The minimum Gasteiger partial charge on any atom is -0.465 e. The topological polar surface area (TPSA) is 26.3 Å². The van der Waals surface area contributed by atoms with Gasteiger partial charge in [0.15, 0.2) is 0 Å². The number of hydrogen-bond donors (Lipinski definition) is 0. The number of halogens is 3. The summed E-state index contributed by atoms with van der Waals surface area (Å²) in [6.07, 6.45) is 0.416. The first-order valence-corrected chi connectivity index (χ1v) is 8.22. The predicted molar refractivity (Wildman–Crippen MR) is 72.8 cm³/mol. The average molecular weight is 337 g/mol. The van der Waals surface area contributed by atoms with Gasteiger partial charge in [-0.2, -0.15) is 0 Å². The van der Waals surface area contributed by atoms with Crippen molar-refractivity contribution in [2.24, 2.45) is 0 Å². The third kappa shape index (κ3) is 3.17. The highest BCUT2D eigenvalue weighted by atomic mass is 79.9. The molecule has 0 N–H and O–H groups in total. The van der Waals surface area contributed by atoms with Crippen LogP contribution in [0.15, 0.2) is 22.7 Å². The van der Waals surface area contributed by atoms with Crippen LogP contribution >= 0.6 is 15.9 Å². The van der Waals surface area contributed by atoms with E-state index in [2.05, 4.69) is 20.7 Å². The lowest BCUT2D eigenvalue weighted by molar-refractivity contribution is 0.0601. The van der Waals surface area contributed by atoms with E-state index in [0.717, 1.165) is 0 Å². The van der Waals surface area contributed by atoms with Gasteiger partial charge in [0.1, 0.15) is 0 Å². The molecule has 0 radical (unpaired) electrons. The monoisotopic (exact) mass is 336 g/mol. The third-order valence-electron chi connectivity index (χ3n) is 2.94. The van der Waals surface area contributed by atoms with Crippen molar-refractivity contribution in [2.75, 3.05) is 7.11 Å². The molecule has 0 fully saturated rings. The molecule has 2 nitrogen and oxygen atoms in total. The normalized spacial score (nSPS) is 13.2. The predicted octanol–water partition coefficient (Wildman–Crippen LogP) is 3.62. The molecule has 0 heterocycles. The van der Waals surface area contributed by atoms with Crippen molar-refractivity contribution < 1.29 is 17.7 Å². The molecule has 1 unspecified atom stereocenters. The SMILES string of the molecule is CCC(C)[Si](F)(F)c1cc(Br)cc(C(=O)OC)c1. The molecule has 0 aliphatic rings. The summed E-state index contributed by atoms with van der Waals surface area (Å²) in [4.78, 5) is 11.4. The van der Waals surface area contributed by atoms with Crippen molar-refractivity contribution >= 4 is 35.8 Å². The minimum atomic E-state index is -4.54. The van der Waals surface area contributed by atoms with E-state index in [1.54, 1.807) is 13.8 Å². The van der Waals surface area contributed by atoms with Gasteiger partial charge in [-0.25, -0.2) is 4.79 Å². The summed E-state index contributed by atoms with van der Waals surface area (Å²) in [6.45, 7) is 3.29. The van der Waals surface area contributed by atoms with Gasteiger partial charge in [-0.3, -0.25) is 8.22 Å². The van der Waals surface area contributed by atoms with E-state index in [0.29, 0.717) is 10.9 Å². The van der Waals surface area contributed by atoms with Crippen LogP contribution in [0, 0.1) is 0 Å². The Morgan fingerprint density at radius 3 is 2.56 bits per heavy atom. The molecular formula is C12H15BrF2O2Si. The second-order valence-corrected chi connectivity index (χ2v) is 7.88. The zero-order valence-electron chi connectivity index (χ0n) is 10.5. The molecule has 6 heteroatoms. The lowest BCUT2D eigenvalue weighted by Crippen LogP contribution is -2.43. The molecule has 0 amide bonds. The number of hydrogen-bond acceptors (Lipinski definition) is 2. The molecule has 1 atom stereocenters. The Kier molecular flexibility index (Phi) is 5.04. The number of carbonyl (C=O) groups excluding carboxylic acids is 1. The van der Waals surface area contributed by atoms with Crippen LogP contribution in [-0.4, -0.2) is 21.8 Å². The number of esters is 1. The van der Waals surface area contributed by atoms with E-state index in [-0.39, 0.29) is 10.8 Å². The Bertz CT molecular complexity index is 452. The van der Waals surface area contributed by atoms with Gasteiger partial charge in [-0.15, -0.1) is 0 Å². The van der Waals surface area contributed by atoms with Gasteiger partial charge in [-0.1, -0.05) is 36.2 Å². The maximum atomic E-state index is 14.2. The molecule has 0 aliphatic heterocycles. The molecular weight excluding hydrogens is 322 g/mol. The van der Waals surface area contributed by atoms with Gasteiger partial charge in [0, 0.05) is 15.2 Å². The summed E-state index contributed by atoms with van der Waals surface area (Å²) < 4.78 is 33.5. The fourth-order valence-corrected chi connectivity index (χ4v) is 4.04. The lowest BCUT2D eigenvalue weighted by atomic mass is 10.2. The van der Waals surface area contributed by atoms with Crippen LogP contribution in [0.3, 0.4) is 0 Å². The fourth-order valence-electron chi connectivity index (χ4n) is 1.56. The number of carbonyl (C=O) groups is 1. The fraction of sp³-hybridized carbons (Fsp3) is 0.417. The van der Waals surface area contributed by atoms with Crippen molar-refractivity contribution in [3.05, 3.63) is 28.2 Å². The van der Waals surface area contributed by atoms with Crippen LogP contribution in [0.1, 0.15) is 30.6 Å². The second-order valence-electron chi connectivity index (χ2n) is 4.15. The lowest BCUT2D eigenvalue weighted by Gasteiger charge is -2.20. The maximum absolute atomic E-state index is 14.2. The zero-order chi connectivity index (χ0) is 13.9. The Hall–Kier alpha value is -0.753. The zero-order valence-corrected chi connectivity index (χ0v) is 13.1. The van der Waals surface area contributed by atoms with Crippen LogP contribution in [0.5, 0.6) is 0 Å². The Morgan fingerprint density at radius 1 is 1.44 bits per heavy atom. The first kappa shape index (κ1) is 15.3. The van der Waals surface area contributed by atoms with Crippen LogP contribution in [0.25, 0.3) is 0 Å². The second kappa shape index (κ2) is 5.93. The summed E-state index contributed by atoms with van der Waals surface area (Å²) in [7, 11) is -3.31. The molecule has 0 bridgehead atoms.